The van der Waals surface area contributed by atoms with Crippen molar-refractivity contribution in [3.63, 3.8) is 0 Å². The number of hydrazone groups is 1. The minimum absolute atomic E-state index is 0.0168. The molecule has 0 spiro atoms. The maximum atomic E-state index is 13.9. The molecule has 0 saturated heterocycles. The molecule has 0 aliphatic rings. The summed E-state index contributed by atoms with van der Waals surface area (Å²) in [6.07, 6.45) is -4.77. The van der Waals surface area contributed by atoms with Crippen LogP contribution in [0.1, 0.15) is 16.7 Å². The third kappa shape index (κ3) is 7.09. The second-order valence-corrected chi connectivity index (χ2v) is 10.2. The first-order valence-electron chi connectivity index (χ1n) is 10.3. The Balaban J connectivity index is 1.90. The van der Waals surface area contributed by atoms with Gasteiger partial charge in [-0.15, -0.1) is 0 Å². The summed E-state index contributed by atoms with van der Waals surface area (Å²) in [6, 6.07) is 12.0. The number of alkyl halides is 3. The number of nitrogens with two attached hydrogens (primary N) is 2. The Morgan fingerprint density at radius 1 is 1.11 bits per heavy atom. The molecule has 36 heavy (non-hydrogen) atoms. The Morgan fingerprint density at radius 3 is 2.42 bits per heavy atom. The van der Waals surface area contributed by atoms with E-state index < -0.39 is 33.1 Å². The van der Waals surface area contributed by atoms with E-state index in [4.69, 9.17) is 27.9 Å². The van der Waals surface area contributed by atoms with Crippen molar-refractivity contribution in [1.82, 2.24) is 5.12 Å². The molecule has 0 amide bonds. The summed E-state index contributed by atoms with van der Waals surface area (Å²) in [5.41, 5.74) is 4.95. The summed E-state index contributed by atoms with van der Waals surface area (Å²) in [5, 5.41) is 3.43. The summed E-state index contributed by atoms with van der Waals surface area (Å²) in [7, 11) is -2.52. The predicted molar refractivity (Wildman–Crippen MR) is 126 cm³/mol. The monoisotopic (exact) mass is 545 g/mol. The summed E-state index contributed by atoms with van der Waals surface area (Å²) in [5.74, 6) is 3.97. The van der Waals surface area contributed by atoms with Gasteiger partial charge in [-0.2, -0.15) is 23.4 Å². The van der Waals surface area contributed by atoms with Gasteiger partial charge in [-0.05, 0) is 48.0 Å². The van der Waals surface area contributed by atoms with E-state index in [-0.39, 0.29) is 44.8 Å². The van der Waals surface area contributed by atoms with Crippen molar-refractivity contribution in [2.75, 3.05) is 7.05 Å². The van der Waals surface area contributed by atoms with Gasteiger partial charge >= 0.3 is 6.18 Å². The van der Waals surface area contributed by atoms with Crippen molar-refractivity contribution < 1.29 is 35.8 Å². The third-order valence-electron chi connectivity index (χ3n) is 4.80. The van der Waals surface area contributed by atoms with Gasteiger partial charge in [-0.25, -0.2) is 18.7 Å². The van der Waals surface area contributed by atoms with Crippen LogP contribution in [0.3, 0.4) is 0 Å². The van der Waals surface area contributed by atoms with Crippen LogP contribution in [-0.2, 0) is 28.2 Å². The largest absolute Gasteiger partial charge is 0.456 e. The van der Waals surface area contributed by atoms with Crippen LogP contribution in [0.25, 0.3) is 0 Å². The fourth-order valence-corrected chi connectivity index (χ4v) is 4.93. The van der Waals surface area contributed by atoms with Crippen molar-refractivity contribution in [2.45, 2.75) is 23.2 Å². The number of rotatable bonds is 8. The smallest absolute Gasteiger partial charge is 0.416 e. The van der Waals surface area contributed by atoms with Crippen LogP contribution in [-0.4, -0.2) is 26.4 Å². The molecule has 3 rings (SSSR count). The van der Waals surface area contributed by atoms with E-state index in [1.54, 1.807) is 0 Å². The zero-order valence-electron chi connectivity index (χ0n) is 18.8. The van der Waals surface area contributed by atoms with Crippen LogP contribution in [0.4, 0.5) is 17.6 Å². The summed E-state index contributed by atoms with van der Waals surface area (Å²) in [4.78, 5) is -0.202. The Morgan fingerprint density at radius 2 is 1.81 bits per heavy atom. The van der Waals surface area contributed by atoms with Crippen molar-refractivity contribution in [3.05, 3.63) is 88.2 Å². The van der Waals surface area contributed by atoms with Gasteiger partial charge in [0.25, 0.3) is 5.84 Å². The van der Waals surface area contributed by atoms with E-state index >= 15 is 0 Å². The highest BCUT2D eigenvalue weighted by Crippen LogP contribution is 2.37. The van der Waals surface area contributed by atoms with Crippen LogP contribution in [0.15, 0.2) is 65.6 Å². The molecule has 0 fully saturated rings. The van der Waals surface area contributed by atoms with E-state index in [0.29, 0.717) is 0 Å². The van der Waals surface area contributed by atoms with E-state index in [2.05, 4.69) is 5.10 Å². The van der Waals surface area contributed by atoms with Crippen LogP contribution >= 0.6 is 11.6 Å². The van der Waals surface area contributed by atoms with Crippen LogP contribution in [0, 0.1) is 5.82 Å². The number of ether oxygens (including phenoxy) is 1. The first-order valence-corrected chi connectivity index (χ1v) is 12.3. The normalized spacial score (nSPS) is 12.5. The molecule has 0 aliphatic carbocycles. The topological polar surface area (TPSA) is 113 Å². The quantitative estimate of drug-likeness (QED) is 0.132. The van der Waals surface area contributed by atoms with Gasteiger partial charge in [0, 0.05) is 5.56 Å². The number of amidine groups is 1. The minimum atomic E-state index is -4.67. The molecular weight excluding hydrogens is 524 g/mol. The van der Waals surface area contributed by atoms with Crippen LogP contribution < -0.4 is 21.4 Å². The number of nitrogens with one attached hydrogen (secondary N) is 1. The lowest BCUT2D eigenvalue weighted by molar-refractivity contribution is -0.643. The molecule has 0 bridgehead atoms. The lowest BCUT2D eigenvalue weighted by Crippen LogP contribution is -2.87. The molecule has 0 radical (unpaired) electrons. The van der Waals surface area contributed by atoms with Crippen molar-refractivity contribution in [3.8, 4) is 11.5 Å². The van der Waals surface area contributed by atoms with Crippen molar-refractivity contribution in [2.24, 2.45) is 11.6 Å². The van der Waals surface area contributed by atoms with Crippen molar-refractivity contribution in [1.29, 1.82) is 0 Å². The molecule has 0 saturated carbocycles. The summed E-state index contributed by atoms with van der Waals surface area (Å²) < 4.78 is 85.3. The standard InChI is InChI=1S/C23H21ClF4N4O3S/c1-32(30)31-22(29)10-14-8-16(23(26,27)28)11-17(9-14)35-21-7-6-18(12-19(21)24)36(33,34)13-15-4-2-3-5-20(15)25/h2-9,11-12H,10,13,30H2,1H3,(H2,29,31)/p+1. The maximum absolute atomic E-state index is 13.9. The predicted octanol–water partition coefficient (Wildman–Crippen LogP) is 2.96. The zero-order valence-corrected chi connectivity index (χ0v) is 20.4. The molecule has 0 heterocycles. The Labute approximate surface area is 209 Å². The lowest BCUT2D eigenvalue weighted by Gasteiger charge is -2.14. The summed E-state index contributed by atoms with van der Waals surface area (Å²) >= 11 is 6.19. The Hall–Kier alpha value is -3.35. The first-order chi connectivity index (χ1) is 16.7. The molecule has 7 nitrogen and oxygen atoms in total. The molecule has 0 aliphatic heterocycles. The van der Waals surface area contributed by atoms with Gasteiger partial charge < -0.3 is 4.74 Å². The fourth-order valence-electron chi connectivity index (χ4n) is 3.26. The number of hydrogen-bond acceptors (Lipinski definition) is 5. The first kappa shape index (κ1) is 27.2. The van der Waals surface area contributed by atoms with Gasteiger partial charge in [-0.3, -0.25) is 5.73 Å². The maximum Gasteiger partial charge on any atom is 0.416 e. The van der Waals surface area contributed by atoms with Gasteiger partial charge in [0.2, 0.25) is 0 Å². The average molecular weight is 546 g/mol. The molecule has 0 aromatic heterocycles. The number of sulfone groups is 1. The molecule has 3 aromatic rings. The minimum Gasteiger partial charge on any atom is -0.456 e. The highest BCUT2D eigenvalue weighted by atomic mass is 35.5. The molecule has 0 unspecified atom stereocenters. The Bertz CT molecular complexity index is 1400. The third-order valence-corrected chi connectivity index (χ3v) is 6.76. The van der Waals surface area contributed by atoms with Crippen LogP contribution in [0.5, 0.6) is 11.5 Å². The highest BCUT2D eigenvalue weighted by Gasteiger charge is 2.32. The molecule has 3 aromatic carbocycles. The van der Waals surface area contributed by atoms with E-state index in [0.717, 1.165) is 29.4 Å². The summed E-state index contributed by atoms with van der Waals surface area (Å²) in [6.45, 7) is 0. The van der Waals surface area contributed by atoms with E-state index in [1.807, 2.05) is 0 Å². The molecule has 192 valence electrons. The second-order valence-electron chi connectivity index (χ2n) is 7.83. The number of hydrazine groups is 2. The molecule has 5 N–H and O–H groups in total. The van der Waals surface area contributed by atoms with Crippen LogP contribution in [0.2, 0.25) is 5.02 Å². The van der Waals surface area contributed by atoms with E-state index in [1.165, 1.54) is 43.4 Å². The molecule has 13 heteroatoms. The number of nitrogens with zero attached hydrogens (tertiary/aromatic N) is 1. The fraction of sp³-hybridized carbons (Fsp3) is 0.174. The van der Waals surface area contributed by atoms with Gasteiger partial charge in [0.05, 0.1) is 34.7 Å². The zero-order chi connectivity index (χ0) is 26.7. The van der Waals surface area contributed by atoms with E-state index in [9.17, 15) is 26.0 Å². The molecular formula is C23H22ClF4N4O3S+. The van der Waals surface area contributed by atoms with Crippen molar-refractivity contribution >= 4 is 27.3 Å². The number of benzene rings is 3. The van der Waals surface area contributed by atoms with Gasteiger partial charge in [0.15, 0.2) is 9.84 Å². The average Bonchev–Trinajstić information content (AvgIpc) is 2.75. The highest BCUT2D eigenvalue weighted by molar-refractivity contribution is 7.90. The SMILES string of the molecule is CN(N)/[NH+]=C(\N)Cc1cc(Oc2ccc(S(=O)(=O)Cc3ccccc3F)cc2Cl)cc(C(F)(F)F)c1. The van der Waals surface area contributed by atoms with Gasteiger partial charge in [0.1, 0.15) is 17.3 Å². The molecule has 0 atom stereocenters. The van der Waals surface area contributed by atoms with Gasteiger partial charge in [-0.1, -0.05) is 29.8 Å². The Kier molecular flexibility index (Phi) is 8.12. The second kappa shape index (κ2) is 10.7. The number of halogens is 5. The number of hydrogen-bond donors (Lipinski definition) is 3. The lowest BCUT2D eigenvalue weighted by atomic mass is 10.1.